The van der Waals surface area contributed by atoms with Crippen LogP contribution in [-0.4, -0.2) is 138 Å². The molecule has 0 bridgehead atoms. The highest BCUT2D eigenvalue weighted by atomic mass is 79.9. The Bertz CT molecular complexity index is 3280. The van der Waals surface area contributed by atoms with E-state index in [2.05, 4.69) is 36.0 Å². The van der Waals surface area contributed by atoms with Gasteiger partial charge >= 0.3 is 11.9 Å². The number of aryl methyl sites for hydroxylation is 3. The molecular weight excluding hydrogens is 1140 g/mol. The molecule has 3 aliphatic heterocycles. The molecule has 6 aromatic rings. The first-order valence-corrected chi connectivity index (χ1v) is 31.1. The number of sulfone groups is 3. The molecule has 3 heterocycles. The minimum atomic E-state index is -3.58. The SMILES string of the molecule is CN(CCO)C[C@H]1CCc2ccc(S(=O)(=O)c3ccccc3)cc2O1.CNC[C@H]1CCc2ccc(S(=O)(=O)c3ccccc3)cc2O1.COC(=O)CBr.COC(=O)CNC[C@H]1CCc2ccc(S(=O)(=O)c3ccccc3)cc2O1. The summed E-state index contributed by atoms with van der Waals surface area (Å²) >= 11 is 2.90. The molecule has 3 N–H and O–H groups in total. The Hall–Kier alpha value is -6.17. The van der Waals surface area contributed by atoms with Crippen LogP contribution in [0.15, 0.2) is 175 Å². The van der Waals surface area contributed by atoms with Gasteiger partial charge in [-0.3, -0.25) is 9.59 Å². The van der Waals surface area contributed by atoms with Crippen molar-refractivity contribution in [1.82, 2.24) is 15.5 Å². The first-order chi connectivity index (χ1) is 37.9. The van der Waals surface area contributed by atoms with Crippen molar-refractivity contribution in [2.45, 2.75) is 86.2 Å². The summed E-state index contributed by atoms with van der Waals surface area (Å²) in [5.74, 6) is 1.33. The Morgan fingerprint density at radius 2 is 0.924 bits per heavy atom. The minimum absolute atomic E-state index is 0.00118. The topological polar surface area (TPSA) is 230 Å². The van der Waals surface area contributed by atoms with Gasteiger partial charge < -0.3 is 44.3 Å². The first kappa shape index (κ1) is 62.0. The highest BCUT2D eigenvalue weighted by Crippen LogP contribution is 2.35. The van der Waals surface area contributed by atoms with E-state index in [-0.39, 0.29) is 73.2 Å². The molecule has 0 saturated carbocycles. The van der Waals surface area contributed by atoms with Crippen molar-refractivity contribution in [1.29, 1.82) is 0 Å². The molecule has 9 rings (SSSR count). The number of carbonyl (C=O) groups excluding carboxylic acids is 2. The molecule has 21 heteroatoms. The number of aliphatic hydroxyl groups excluding tert-OH is 1. The van der Waals surface area contributed by atoms with Crippen molar-refractivity contribution in [3.05, 3.63) is 162 Å². The number of aliphatic hydroxyl groups is 1. The van der Waals surface area contributed by atoms with Gasteiger partial charge in [0, 0.05) is 26.2 Å². The van der Waals surface area contributed by atoms with Crippen molar-refractivity contribution in [2.75, 3.05) is 73.0 Å². The zero-order valence-electron chi connectivity index (χ0n) is 44.6. The van der Waals surface area contributed by atoms with Crippen molar-refractivity contribution in [3.8, 4) is 17.2 Å². The summed E-state index contributed by atoms with van der Waals surface area (Å²) < 4.78 is 103. The molecule has 0 unspecified atom stereocenters. The number of esters is 2. The van der Waals surface area contributed by atoms with Crippen LogP contribution < -0.4 is 24.8 Å². The van der Waals surface area contributed by atoms with Crippen molar-refractivity contribution in [3.63, 3.8) is 0 Å². The molecule has 0 spiro atoms. The van der Waals surface area contributed by atoms with Crippen LogP contribution in [0.4, 0.5) is 0 Å². The number of carbonyl (C=O) groups is 2. The third-order valence-corrected chi connectivity index (χ3v) is 18.7. The van der Waals surface area contributed by atoms with E-state index in [0.717, 1.165) is 61.8 Å². The Morgan fingerprint density at radius 3 is 1.27 bits per heavy atom. The van der Waals surface area contributed by atoms with Gasteiger partial charge in [-0.1, -0.05) is 88.7 Å². The molecule has 79 heavy (non-hydrogen) atoms. The fraction of sp³-hybridized carbons (Fsp3) is 0.345. The Balaban J connectivity index is 0.000000182. The lowest BCUT2D eigenvalue weighted by Crippen LogP contribution is -2.36. The van der Waals surface area contributed by atoms with Gasteiger partial charge in [-0.15, -0.1) is 0 Å². The maximum atomic E-state index is 12.8. The smallest absolute Gasteiger partial charge is 0.319 e. The maximum Gasteiger partial charge on any atom is 0.319 e. The van der Waals surface area contributed by atoms with E-state index >= 15 is 0 Å². The summed E-state index contributed by atoms with van der Waals surface area (Å²) in [6.07, 6.45) is 5.16. The van der Waals surface area contributed by atoms with E-state index in [1.54, 1.807) is 127 Å². The number of fused-ring (bicyclic) bond motifs is 3. The molecule has 0 radical (unpaired) electrons. The van der Waals surface area contributed by atoms with Gasteiger partial charge in [0.15, 0.2) is 0 Å². The first-order valence-electron chi connectivity index (χ1n) is 25.6. The number of benzene rings is 6. The minimum Gasteiger partial charge on any atom is -0.489 e. The Morgan fingerprint density at radius 1 is 0.557 bits per heavy atom. The summed E-state index contributed by atoms with van der Waals surface area (Å²) in [4.78, 5) is 24.7. The second-order valence-corrected chi connectivity index (χ2v) is 25.0. The molecule has 3 aliphatic rings. The second kappa shape index (κ2) is 29.9. The maximum absolute atomic E-state index is 12.8. The average molecular weight is 1210 g/mol. The summed E-state index contributed by atoms with van der Waals surface area (Å²) in [5, 5.41) is 15.4. The third kappa shape index (κ3) is 17.4. The van der Waals surface area contributed by atoms with Gasteiger partial charge in [-0.2, -0.15) is 0 Å². The van der Waals surface area contributed by atoms with Crippen LogP contribution in [0.3, 0.4) is 0 Å². The van der Waals surface area contributed by atoms with Crippen LogP contribution in [-0.2, 0) is 67.8 Å². The van der Waals surface area contributed by atoms with Crippen LogP contribution in [0.2, 0.25) is 0 Å². The van der Waals surface area contributed by atoms with E-state index in [4.69, 9.17) is 19.3 Å². The highest BCUT2D eigenvalue weighted by molar-refractivity contribution is 9.09. The third-order valence-electron chi connectivity index (χ3n) is 12.9. The summed E-state index contributed by atoms with van der Waals surface area (Å²) in [6, 6.07) is 40.6. The van der Waals surface area contributed by atoms with E-state index in [9.17, 15) is 34.8 Å². The lowest BCUT2D eigenvalue weighted by molar-refractivity contribution is -0.139. The van der Waals surface area contributed by atoms with Gasteiger partial charge in [0.1, 0.15) is 40.9 Å². The molecule has 0 aliphatic carbocycles. The monoisotopic (exact) mass is 1210 g/mol. The summed E-state index contributed by atoms with van der Waals surface area (Å²) in [6.45, 7) is 2.77. The predicted molar refractivity (Wildman–Crippen MR) is 302 cm³/mol. The fourth-order valence-electron chi connectivity index (χ4n) is 8.64. The van der Waals surface area contributed by atoms with Gasteiger partial charge in [-0.25, -0.2) is 25.3 Å². The quantitative estimate of drug-likeness (QED) is 0.0611. The number of likely N-dealkylation sites (N-methyl/N-ethyl adjacent to an activating group) is 2. The van der Waals surface area contributed by atoms with Crippen molar-refractivity contribution >= 4 is 57.4 Å². The fourth-order valence-corrected chi connectivity index (χ4v) is 12.8. The number of ether oxygens (including phenoxy) is 5. The number of rotatable bonds is 17. The lowest BCUT2D eigenvalue weighted by Gasteiger charge is -2.29. The van der Waals surface area contributed by atoms with Crippen LogP contribution in [0.1, 0.15) is 36.0 Å². The Labute approximate surface area is 472 Å². The van der Waals surface area contributed by atoms with Crippen LogP contribution in [0.5, 0.6) is 17.2 Å². The van der Waals surface area contributed by atoms with E-state index < -0.39 is 29.5 Å². The molecule has 0 fully saturated rings. The normalized spacial score (nSPS) is 16.3. The Kier molecular flexibility index (Phi) is 23.5. The molecule has 0 aromatic heterocycles. The highest BCUT2D eigenvalue weighted by Gasteiger charge is 2.27. The van der Waals surface area contributed by atoms with Gasteiger partial charge in [0.2, 0.25) is 29.5 Å². The number of methoxy groups -OCH3 is 2. The molecular formula is C58H68BrN3O14S3. The summed E-state index contributed by atoms with van der Waals surface area (Å²) in [5.41, 5.74) is 3.09. The molecule has 6 aromatic carbocycles. The number of hydrogen-bond acceptors (Lipinski definition) is 17. The van der Waals surface area contributed by atoms with Crippen LogP contribution in [0.25, 0.3) is 0 Å². The van der Waals surface area contributed by atoms with Crippen LogP contribution in [0, 0.1) is 0 Å². The molecule has 17 nitrogen and oxygen atoms in total. The average Bonchev–Trinajstić information content (AvgIpc) is 3.50. The number of nitrogens with one attached hydrogen (secondary N) is 2. The van der Waals surface area contributed by atoms with E-state index in [0.29, 0.717) is 41.8 Å². The number of hydrogen-bond donors (Lipinski definition) is 3. The largest absolute Gasteiger partial charge is 0.489 e. The molecule has 424 valence electrons. The van der Waals surface area contributed by atoms with E-state index in [1.807, 2.05) is 37.2 Å². The number of nitrogens with zero attached hydrogens (tertiary/aromatic N) is 1. The van der Waals surface area contributed by atoms with E-state index in [1.165, 1.54) is 14.2 Å². The molecule has 0 amide bonds. The van der Waals surface area contributed by atoms with Crippen molar-refractivity contribution in [2.24, 2.45) is 0 Å². The predicted octanol–water partition coefficient (Wildman–Crippen LogP) is 7.10. The molecule has 3 atom stereocenters. The molecule has 0 saturated heterocycles. The van der Waals surface area contributed by atoms with Crippen LogP contribution >= 0.6 is 15.9 Å². The van der Waals surface area contributed by atoms with Gasteiger partial charge in [0.25, 0.3) is 0 Å². The van der Waals surface area contributed by atoms with Gasteiger partial charge in [0.05, 0.1) is 56.7 Å². The zero-order valence-corrected chi connectivity index (χ0v) is 48.6. The lowest BCUT2D eigenvalue weighted by atomic mass is 10.0. The summed E-state index contributed by atoms with van der Waals surface area (Å²) in [7, 11) is -4.11. The second-order valence-electron chi connectivity index (χ2n) is 18.6. The van der Waals surface area contributed by atoms with Crippen molar-refractivity contribution < 1.29 is 63.6 Å². The number of alkyl halides is 1. The standard InChI is InChI=1S/C19H21NO5S.C19H23NO4S.C17H19NO3S.C3H5BrO2/c1-24-19(21)13-20-12-15-9-7-14-8-10-17(11-18(14)25-15)26(22,23)16-5-3-2-4-6-16;1-20(11-12-21)14-16-9-7-15-8-10-18(13-19(15)24-16)25(22,23)17-5-3-2-4-6-17;1-18-12-14-9-7-13-8-10-16(11-17(13)21-14)22(19,20)15-5-3-2-4-6-15;1-6-3(5)2-4/h2-6,8,10-11,15,20H,7,9,12-13H2,1H3;2-6,8,10,13,16,21H,7,9,11-12,14H2,1H3;2-6,8,10-11,14,18H,7,9,12H2,1H3;2H2,1H3/t15-;16-;14-;/m111./s1. The zero-order chi connectivity index (χ0) is 57.0. The van der Waals surface area contributed by atoms with Gasteiger partial charge in [-0.05, 0) is 142 Å². The number of halogens is 1.